The van der Waals surface area contributed by atoms with Gasteiger partial charge in [-0.3, -0.25) is 4.79 Å². The van der Waals surface area contributed by atoms with E-state index in [0.29, 0.717) is 16.8 Å². The molecule has 0 saturated heterocycles. The predicted molar refractivity (Wildman–Crippen MR) is 74.9 cm³/mol. The molecular formula is C15H12ClF2NO. The first-order valence-electron chi connectivity index (χ1n) is 5.96. The minimum absolute atomic E-state index is 0.0251. The Balaban J connectivity index is 2.08. The Hall–Kier alpha value is -1.94. The molecule has 20 heavy (non-hydrogen) atoms. The van der Waals surface area contributed by atoms with Gasteiger partial charge >= 0.3 is 0 Å². The number of nitrogens with one attached hydrogen (secondary N) is 1. The highest BCUT2D eigenvalue weighted by Crippen LogP contribution is 2.21. The van der Waals surface area contributed by atoms with Gasteiger partial charge in [0, 0.05) is 5.69 Å². The third-order valence-corrected chi connectivity index (χ3v) is 3.22. The molecule has 0 aromatic heterocycles. The Kier molecular flexibility index (Phi) is 4.35. The second kappa shape index (κ2) is 6.01. The van der Waals surface area contributed by atoms with Crippen LogP contribution >= 0.6 is 11.6 Å². The molecule has 104 valence electrons. The maximum Gasteiger partial charge on any atom is 0.228 e. The zero-order chi connectivity index (χ0) is 14.7. The molecule has 2 aromatic carbocycles. The number of anilines is 1. The lowest BCUT2D eigenvalue weighted by atomic mass is 10.0. The highest BCUT2D eigenvalue weighted by Gasteiger charge is 2.11. The number of carbonyl (C=O) groups excluding carboxylic acids is 1. The SMILES string of the molecule is Cc1c(CC(=O)Nc2ccc(F)cc2)ccc(Cl)c1F. The van der Waals surface area contributed by atoms with Crippen molar-refractivity contribution in [3.63, 3.8) is 0 Å². The molecule has 0 bridgehead atoms. The van der Waals surface area contributed by atoms with E-state index in [1.54, 1.807) is 13.0 Å². The standard InChI is InChI=1S/C15H12ClF2NO/c1-9-10(2-7-13(16)15(9)18)8-14(20)19-12-5-3-11(17)4-6-12/h2-7H,8H2,1H3,(H,19,20). The number of halogens is 3. The minimum atomic E-state index is -0.515. The monoisotopic (exact) mass is 295 g/mol. The second-order valence-electron chi connectivity index (χ2n) is 4.38. The molecule has 0 spiro atoms. The fraction of sp³-hybridized carbons (Fsp3) is 0.133. The smallest absolute Gasteiger partial charge is 0.228 e. The zero-order valence-corrected chi connectivity index (χ0v) is 11.5. The van der Waals surface area contributed by atoms with Crippen molar-refractivity contribution in [1.82, 2.24) is 0 Å². The van der Waals surface area contributed by atoms with E-state index in [1.165, 1.54) is 30.3 Å². The summed E-state index contributed by atoms with van der Waals surface area (Å²) in [5, 5.41) is 2.65. The highest BCUT2D eigenvalue weighted by molar-refractivity contribution is 6.30. The molecule has 2 aromatic rings. The second-order valence-corrected chi connectivity index (χ2v) is 4.78. The molecule has 2 nitrogen and oxygen atoms in total. The van der Waals surface area contributed by atoms with Gasteiger partial charge in [0.15, 0.2) is 0 Å². The number of amides is 1. The van der Waals surface area contributed by atoms with Crippen LogP contribution in [-0.2, 0) is 11.2 Å². The van der Waals surface area contributed by atoms with Gasteiger partial charge in [-0.2, -0.15) is 0 Å². The molecule has 0 heterocycles. The van der Waals surface area contributed by atoms with Crippen molar-refractivity contribution in [3.8, 4) is 0 Å². The normalized spacial score (nSPS) is 10.4. The lowest BCUT2D eigenvalue weighted by Crippen LogP contribution is -2.15. The van der Waals surface area contributed by atoms with E-state index in [1.807, 2.05) is 0 Å². The molecule has 0 aliphatic carbocycles. The number of carbonyl (C=O) groups is 1. The van der Waals surface area contributed by atoms with E-state index in [2.05, 4.69) is 5.32 Å². The van der Waals surface area contributed by atoms with Crippen LogP contribution in [-0.4, -0.2) is 5.91 Å². The zero-order valence-electron chi connectivity index (χ0n) is 10.7. The van der Waals surface area contributed by atoms with Crippen molar-refractivity contribution in [2.45, 2.75) is 13.3 Å². The molecule has 1 N–H and O–H groups in total. The van der Waals surface area contributed by atoms with Gasteiger partial charge in [0.2, 0.25) is 5.91 Å². The van der Waals surface area contributed by atoms with Crippen molar-refractivity contribution < 1.29 is 13.6 Å². The number of benzene rings is 2. The van der Waals surface area contributed by atoms with Gasteiger partial charge in [0.1, 0.15) is 11.6 Å². The first-order chi connectivity index (χ1) is 9.47. The molecule has 0 aliphatic rings. The fourth-order valence-electron chi connectivity index (χ4n) is 1.79. The minimum Gasteiger partial charge on any atom is -0.326 e. The molecule has 1 amide bonds. The first kappa shape index (κ1) is 14.5. The van der Waals surface area contributed by atoms with Crippen molar-refractivity contribution >= 4 is 23.2 Å². The Morgan fingerprint density at radius 1 is 1.15 bits per heavy atom. The van der Waals surface area contributed by atoms with Gasteiger partial charge in [0.25, 0.3) is 0 Å². The van der Waals surface area contributed by atoms with Crippen LogP contribution in [0.25, 0.3) is 0 Å². The summed E-state index contributed by atoms with van der Waals surface area (Å²) in [4.78, 5) is 11.9. The van der Waals surface area contributed by atoms with Gasteiger partial charge in [0.05, 0.1) is 11.4 Å². The van der Waals surface area contributed by atoms with Crippen molar-refractivity contribution in [2.24, 2.45) is 0 Å². The van der Waals surface area contributed by atoms with Gasteiger partial charge in [-0.05, 0) is 48.4 Å². The number of hydrogen-bond acceptors (Lipinski definition) is 1. The quantitative estimate of drug-likeness (QED) is 0.907. The molecule has 0 fully saturated rings. The first-order valence-corrected chi connectivity index (χ1v) is 6.34. The molecule has 0 saturated carbocycles. The number of rotatable bonds is 3. The maximum atomic E-state index is 13.6. The van der Waals surface area contributed by atoms with E-state index < -0.39 is 5.82 Å². The van der Waals surface area contributed by atoms with Gasteiger partial charge in [-0.25, -0.2) is 8.78 Å². The molecular weight excluding hydrogens is 284 g/mol. The average Bonchev–Trinajstić information content (AvgIpc) is 2.42. The summed E-state index contributed by atoms with van der Waals surface area (Å²) >= 11 is 5.66. The summed E-state index contributed by atoms with van der Waals surface area (Å²) in [5.41, 5.74) is 1.40. The topological polar surface area (TPSA) is 29.1 Å². The van der Waals surface area contributed by atoms with Crippen molar-refractivity contribution in [3.05, 3.63) is 64.2 Å². The van der Waals surface area contributed by atoms with E-state index in [9.17, 15) is 13.6 Å². The van der Waals surface area contributed by atoms with Crippen LogP contribution < -0.4 is 5.32 Å². The third kappa shape index (κ3) is 3.33. The summed E-state index contributed by atoms with van der Waals surface area (Å²) < 4.78 is 26.3. The highest BCUT2D eigenvalue weighted by atomic mass is 35.5. The average molecular weight is 296 g/mol. The van der Waals surface area contributed by atoms with Crippen LogP contribution in [0.5, 0.6) is 0 Å². The molecule has 0 aliphatic heterocycles. The van der Waals surface area contributed by atoms with Crippen LogP contribution in [0.1, 0.15) is 11.1 Å². The van der Waals surface area contributed by atoms with Gasteiger partial charge in [-0.15, -0.1) is 0 Å². The molecule has 0 unspecified atom stereocenters. The Morgan fingerprint density at radius 2 is 1.80 bits per heavy atom. The number of hydrogen-bond donors (Lipinski definition) is 1. The largest absolute Gasteiger partial charge is 0.326 e. The van der Waals surface area contributed by atoms with Crippen LogP contribution in [0.15, 0.2) is 36.4 Å². The lowest BCUT2D eigenvalue weighted by molar-refractivity contribution is -0.115. The molecule has 0 atom stereocenters. The Morgan fingerprint density at radius 3 is 2.45 bits per heavy atom. The summed E-state index contributed by atoms with van der Waals surface area (Å²) in [5.74, 6) is -1.20. The van der Waals surface area contributed by atoms with Crippen LogP contribution in [0.3, 0.4) is 0 Å². The van der Waals surface area contributed by atoms with Crippen LogP contribution in [0.4, 0.5) is 14.5 Å². The summed E-state index contributed by atoms with van der Waals surface area (Å²) in [6.07, 6.45) is 0.0251. The van der Waals surface area contributed by atoms with Crippen LogP contribution in [0, 0.1) is 18.6 Å². The lowest BCUT2D eigenvalue weighted by Gasteiger charge is -2.09. The Bertz CT molecular complexity index is 641. The van der Waals surface area contributed by atoms with Gasteiger partial charge < -0.3 is 5.32 Å². The van der Waals surface area contributed by atoms with Gasteiger partial charge in [-0.1, -0.05) is 17.7 Å². The van der Waals surface area contributed by atoms with E-state index in [4.69, 9.17) is 11.6 Å². The van der Waals surface area contributed by atoms with Crippen molar-refractivity contribution in [1.29, 1.82) is 0 Å². The third-order valence-electron chi connectivity index (χ3n) is 2.93. The van der Waals surface area contributed by atoms with E-state index in [-0.39, 0.29) is 23.2 Å². The maximum absolute atomic E-state index is 13.6. The molecule has 5 heteroatoms. The summed E-state index contributed by atoms with van der Waals surface area (Å²) in [6, 6.07) is 8.46. The molecule has 0 radical (unpaired) electrons. The predicted octanol–water partition coefficient (Wildman–Crippen LogP) is 4.11. The molecule has 2 rings (SSSR count). The summed E-state index contributed by atoms with van der Waals surface area (Å²) in [7, 11) is 0. The van der Waals surface area contributed by atoms with E-state index in [0.717, 1.165) is 0 Å². The van der Waals surface area contributed by atoms with Crippen molar-refractivity contribution in [2.75, 3.05) is 5.32 Å². The van der Waals surface area contributed by atoms with E-state index >= 15 is 0 Å². The summed E-state index contributed by atoms with van der Waals surface area (Å²) in [6.45, 7) is 1.57. The Labute approximate surface area is 120 Å². The van der Waals surface area contributed by atoms with Crippen LogP contribution in [0.2, 0.25) is 5.02 Å². The fourth-order valence-corrected chi connectivity index (χ4v) is 2.00.